The van der Waals surface area contributed by atoms with Crippen molar-refractivity contribution in [2.24, 2.45) is 0 Å². The summed E-state index contributed by atoms with van der Waals surface area (Å²) in [5.41, 5.74) is -0.0286. The molecule has 0 aliphatic carbocycles. The molecule has 0 saturated carbocycles. The predicted octanol–water partition coefficient (Wildman–Crippen LogP) is 2.00. The van der Waals surface area contributed by atoms with Gasteiger partial charge in [0.1, 0.15) is 11.6 Å². The van der Waals surface area contributed by atoms with Crippen LogP contribution >= 0.6 is 0 Å². The smallest absolute Gasteiger partial charge is 0.129 e. The van der Waals surface area contributed by atoms with Crippen molar-refractivity contribution in [2.45, 2.75) is 19.4 Å². The van der Waals surface area contributed by atoms with Crippen LogP contribution in [-0.4, -0.2) is 18.2 Å². The van der Waals surface area contributed by atoms with Crippen LogP contribution < -0.4 is 5.32 Å². The Balaban J connectivity index is 2.48. The third kappa shape index (κ3) is 4.51. The molecule has 2 N–H and O–H groups in total. The molecule has 0 fully saturated rings. The van der Waals surface area contributed by atoms with Crippen LogP contribution in [-0.2, 0) is 0 Å². The van der Waals surface area contributed by atoms with Gasteiger partial charge < -0.3 is 10.4 Å². The summed E-state index contributed by atoms with van der Waals surface area (Å²) in [7, 11) is 0. The molecule has 4 heteroatoms. The summed E-state index contributed by atoms with van der Waals surface area (Å²) in [5.74, 6) is 4.44. The highest BCUT2D eigenvalue weighted by Gasteiger charge is 2.13. The Hall–Kier alpha value is -1.44. The Kier molecular flexibility index (Phi) is 5.61. The molecule has 1 aromatic carbocycles. The van der Waals surface area contributed by atoms with Gasteiger partial charge in [-0.3, -0.25) is 0 Å². The van der Waals surface area contributed by atoms with Crippen molar-refractivity contribution in [3.05, 3.63) is 35.4 Å². The van der Waals surface area contributed by atoms with Gasteiger partial charge in [0, 0.05) is 25.1 Å². The Morgan fingerprint density at radius 3 is 2.88 bits per heavy atom. The van der Waals surface area contributed by atoms with Crippen LogP contribution in [0.1, 0.15) is 25.0 Å². The lowest BCUT2D eigenvalue weighted by molar-refractivity contribution is 0.170. The molecule has 0 aliphatic rings. The van der Waals surface area contributed by atoms with Gasteiger partial charge in [0.2, 0.25) is 0 Å². The molecule has 1 atom stereocenters. The lowest BCUT2D eigenvalue weighted by Gasteiger charge is -2.12. The second kappa shape index (κ2) is 7.00. The summed E-state index contributed by atoms with van der Waals surface area (Å²) in [6.45, 7) is 2.53. The minimum atomic E-state index is -1.06. The molecule has 1 aromatic rings. The van der Waals surface area contributed by atoms with Crippen molar-refractivity contribution in [2.75, 3.05) is 13.1 Å². The largest absolute Gasteiger partial charge is 0.387 e. The zero-order valence-electron chi connectivity index (χ0n) is 9.63. The highest BCUT2D eigenvalue weighted by molar-refractivity contribution is 5.21. The molecule has 92 valence electrons. The maximum absolute atomic E-state index is 13.3. The van der Waals surface area contributed by atoms with Gasteiger partial charge >= 0.3 is 0 Å². The molecule has 2 nitrogen and oxygen atoms in total. The zero-order valence-corrected chi connectivity index (χ0v) is 9.63. The second-order valence-corrected chi connectivity index (χ2v) is 3.56. The van der Waals surface area contributed by atoms with Crippen molar-refractivity contribution >= 4 is 0 Å². The van der Waals surface area contributed by atoms with Crippen molar-refractivity contribution in [3.8, 4) is 11.8 Å². The Morgan fingerprint density at radius 2 is 2.18 bits per heavy atom. The van der Waals surface area contributed by atoms with Gasteiger partial charge in [0.15, 0.2) is 0 Å². The summed E-state index contributed by atoms with van der Waals surface area (Å²) >= 11 is 0. The molecule has 0 heterocycles. The quantitative estimate of drug-likeness (QED) is 0.608. The van der Waals surface area contributed by atoms with Crippen LogP contribution in [0.4, 0.5) is 8.78 Å². The average Bonchev–Trinajstić information content (AvgIpc) is 2.32. The van der Waals surface area contributed by atoms with Gasteiger partial charge in [-0.2, -0.15) is 0 Å². The van der Waals surface area contributed by atoms with E-state index in [4.69, 9.17) is 0 Å². The van der Waals surface area contributed by atoms with E-state index in [2.05, 4.69) is 17.2 Å². The van der Waals surface area contributed by atoms with E-state index in [1.165, 1.54) is 0 Å². The third-order valence-corrected chi connectivity index (χ3v) is 2.26. The van der Waals surface area contributed by atoms with Gasteiger partial charge in [0.05, 0.1) is 6.10 Å². The van der Waals surface area contributed by atoms with E-state index in [9.17, 15) is 13.9 Å². The zero-order chi connectivity index (χ0) is 12.7. The highest BCUT2D eigenvalue weighted by Crippen LogP contribution is 2.17. The van der Waals surface area contributed by atoms with Crippen molar-refractivity contribution in [3.63, 3.8) is 0 Å². The molecule has 0 spiro atoms. The van der Waals surface area contributed by atoms with E-state index in [0.29, 0.717) is 13.0 Å². The van der Waals surface area contributed by atoms with Crippen LogP contribution in [0.15, 0.2) is 18.2 Å². The van der Waals surface area contributed by atoms with Crippen LogP contribution in [0, 0.1) is 23.5 Å². The van der Waals surface area contributed by atoms with E-state index in [0.717, 1.165) is 18.2 Å². The number of rotatable bonds is 5. The standard InChI is InChI=1S/C13H15F2NO/c1-2-3-4-7-16-9-13(17)11-8-10(14)5-6-12(11)15/h5-6,8,13,16-17H,4,7,9H2,1H3. The van der Waals surface area contributed by atoms with E-state index in [-0.39, 0.29) is 12.1 Å². The fourth-order valence-electron chi connectivity index (χ4n) is 1.39. The van der Waals surface area contributed by atoms with Crippen LogP contribution in [0.3, 0.4) is 0 Å². The number of aliphatic hydroxyl groups excluding tert-OH is 1. The molecule has 0 bridgehead atoms. The summed E-state index contributed by atoms with van der Waals surface area (Å²) in [6.07, 6.45) is -0.394. The topological polar surface area (TPSA) is 32.3 Å². The Bertz CT molecular complexity index is 423. The number of benzene rings is 1. The van der Waals surface area contributed by atoms with Gasteiger partial charge in [-0.05, 0) is 25.1 Å². The summed E-state index contributed by atoms with van der Waals surface area (Å²) < 4.78 is 26.2. The van der Waals surface area contributed by atoms with Gasteiger partial charge in [-0.25, -0.2) is 8.78 Å². The molecule has 0 amide bonds. The Morgan fingerprint density at radius 1 is 1.41 bits per heavy atom. The molecule has 1 rings (SSSR count). The maximum atomic E-state index is 13.3. The van der Waals surface area contributed by atoms with Gasteiger partial charge in [-0.1, -0.05) is 0 Å². The third-order valence-electron chi connectivity index (χ3n) is 2.26. The number of nitrogens with one attached hydrogen (secondary N) is 1. The van der Waals surface area contributed by atoms with E-state index < -0.39 is 17.7 Å². The first-order valence-corrected chi connectivity index (χ1v) is 5.38. The molecule has 0 radical (unpaired) electrons. The minimum absolute atomic E-state index is 0.0286. The van der Waals surface area contributed by atoms with E-state index in [1.807, 2.05) is 0 Å². The molecular weight excluding hydrogens is 224 g/mol. The summed E-state index contributed by atoms with van der Waals surface area (Å²) in [4.78, 5) is 0. The van der Waals surface area contributed by atoms with Crippen LogP contribution in [0.5, 0.6) is 0 Å². The molecule has 1 unspecified atom stereocenters. The average molecular weight is 239 g/mol. The predicted molar refractivity (Wildman–Crippen MR) is 62.3 cm³/mol. The van der Waals surface area contributed by atoms with E-state index in [1.54, 1.807) is 6.92 Å². The summed E-state index contributed by atoms with van der Waals surface area (Å²) in [6, 6.07) is 3.04. The maximum Gasteiger partial charge on any atom is 0.129 e. The first kappa shape index (κ1) is 13.6. The molecular formula is C13H15F2NO. The number of hydrogen-bond acceptors (Lipinski definition) is 2. The first-order chi connectivity index (χ1) is 8.15. The summed E-state index contributed by atoms with van der Waals surface area (Å²) in [5, 5.41) is 12.6. The SMILES string of the molecule is CC#CCCNCC(O)c1cc(F)ccc1F. The number of aliphatic hydroxyl groups is 1. The first-order valence-electron chi connectivity index (χ1n) is 5.38. The Labute approximate surface area is 99.7 Å². The molecule has 0 aromatic heterocycles. The minimum Gasteiger partial charge on any atom is -0.387 e. The number of hydrogen-bond donors (Lipinski definition) is 2. The van der Waals surface area contributed by atoms with E-state index >= 15 is 0 Å². The second-order valence-electron chi connectivity index (χ2n) is 3.56. The van der Waals surface area contributed by atoms with Crippen molar-refractivity contribution in [1.82, 2.24) is 5.32 Å². The normalized spacial score (nSPS) is 11.8. The number of halogens is 2. The van der Waals surface area contributed by atoms with Crippen molar-refractivity contribution in [1.29, 1.82) is 0 Å². The monoisotopic (exact) mass is 239 g/mol. The fraction of sp³-hybridized carbons (Fsp3) is 0.385. The lowest BCUT2D eigenvalue weighted by atomic mass is 10.1. The lowest BCUT2D eigenvalue weighted by Crippen LogP contribution is -2.23. The van der Waals surface area contributed by atoms with Crippen LogP contribution in [0.25, 0.3) is 0 Å². The van der Waals surface area contributed by atoms with Gasteiger partial charge in [0.25, 0.3) is 0 Å². The highest BCUT2D eigenvalue weighted by atomic mass is 19.1. The van der Waals surface area contributed by atoms with Crippen molar-refractivity contribution < 1.29 is 13.9 Å². The fourth-order valence-corrected chi connectivity index (χ4v) is 1.39. The molecule has 0 aliphatic heterocycles. The molecule has 17 heavy (non-hydrogen) atoms. The van der Waals surface area contributed by atoms with Crippen LogP contribution in [0.2, 0.25) is 0 Å². The van der Waals surface area contributed by atoms with Gasteiger partial charge in [-0.15, -0.1) is 11.8 Å². The molecule has 0 saturated heterocycles.